The average Bonchev–Trinajstić information content (AvgIpc) is 3.04. The lowest BCUT2D eigenvalue weighted by molar-refractivity contribution is -0.151. The van der Waals surface area contributed by atoms with E-state index in [2.05, 4.69) is 17.3 Å². The molecule has 0 spiro atoms. The van der Waals surface area contributed by atoms with Crippen molar-refractivity contribution in [2.75, 3.05) is 13.2 Å². The molecule has 1 aliphatic carbocycles. The minimum Gasteiger partial charge on any atom is -0.465 e. The van der Waals surface area contributed by atoms with Crippen LogP contribution >= 0.6 is 11.6 Å². The summed E-state index contributed by atoms with van der Waals surface area (Å²) in [6.07, 6.45) is 6.80. The van der Waals surface area contributed by atoms with E-state index in [0.29, 0.717) is 18.1 Å². The molecule has 1 N–H and O–H groups in total. The van der Waals surface area contributed by atoms with Crippen LogP contribution in [0.15, 0.2) is 12.4 Å². The van der Waals surface area contributed by atoms with Gasteiger partial charge in [-0.1, -0.05) is 18.5 Å². The van der Waals surface area contributed by atoms with E-state index in [0.717, 1.165) is 25.8 Å². The molecule has 0 aliphatic heterocycles. The summed E-state index contributed by atoms with van der Waals surface area (Å²) in [7, 11) is 0. The third kappa shape index (κ3) is 3.15. The van der Waals surface area contributed by atoms with Gasteiger partial charge in [-0.05, 0) is 39.2 Å². The monoisotopic (exact) mass is 299 g/mol. The topological polar surface area (TPSA) is 56.1 Å². The molecule has 0 amide bonds. The average molecular weight is 300 g/mol. The van der Waals surface area contributed by atoms with Crippen LogP contribution in [-0.4, -0.2) is 34.4 Å². The van der Waals surface area contributed by atoms with Crippen molar-refractivity contribution in [2.45, 2.75) is 51.1 Å². The zero-order valence-corrected chi connectivity index (χ0v) is 12.8. The smallest absolute Gasteiger partial charge is 0.326 e. The number of esters is 1. The lowest BCUT2D eigenvalue weighted by Gasteiger charge is -2.28. The third-order valence-corrected chi connectivity index (χ3v) is 4.01. The zero-order chi connectivity index (χ0) is 14.6. The quantitative estimate of drug-likeness (QED) is 0.820. The zero-order valence-electron chi connectivity index (χ0n) is 12.1. The van der Waals surface area contributed by atoms with Gasteiger partial charge in [0.25, 0.3) is 0 Å². The van der Waals surface area contributed by atoms with E-state index < -0.39 is 5.54 Å². The summed E-state index contributed by atoms with van der Waals surface area (Å²) >= 11 is 5.92. The summed E-state index contributed by atoms with van der Waals surface area (Å²) in [5, 5.41) is 8.27. The molecular formula is C14H22ClN3O2. The summed E-state index contributed by atoms with van der Waals surface area (Å²) in [4.78, 5) is 12.3. The van der Waals surface area contributed by atoms with Gasteiger partial charge in [0.2, 0.25) is 0 Å². The lowest BCUT2D eigenvalue weighted by atomic mass is 9.97. The highest BCUT2D eigenvalue weighted by Crippen LogP contribution is 2.38. The molecule has 1 heterocycles. The van der Waals surface area contributed by atoms with Crippen LogP contribution in [0.1, 0.15) is 45.6 Å². The van der Waals surface area contributed by atoms with Gasteiger partial charge in [-0.15, -0.1) is 0 Å². The van der Waals surface area contributed by atoms with Gasteiger partial charge in [0, 0.05) is 6.20 Å². The molecule has 1 aromatic heterocycles. The molecule has 5 nitrogen and oxygen atoms in total. The standard InChI is InChI=1S/C14H22ClN3O2/c1-3-7-16-14(13(19)20-4-2)6-5-12(8-14)18-10-11(15)9-17-18/h9-10,12,16H,3-8H2,1-2H3. The number of aromatic nitrogens is 2. The van der Waals surface area contributed by atoms with Gasteiger partial charge in [0.1, 0.15) is 5.54 Å². The first-order valence-corrected chi connectivity index (χ1v) is 7.61. The summed E-state index contributed by atoms with van der Waals surface area (Å²) in [5.41, 5.74) is -0.574. The Kier molecular flexibility index (Phi) is 5.05. The van der Waals surface area contributed by atoms with Crippen LogP contribution in [0.5, 0.6) is 0 Å². The molecule has 2 atom stereocenters. The van der Waals surface area contributed by atoms with Gasteiger partial charge in [0.15, 0.2) is 0 Å². The van der Waals surface area contributed by atoms with E-state index >= 15 is 0 Å². The predicted octanol–water partition coefficient (Wildman–Crippen LogP) is 2.56. The van der Waals surface area contributed by atoms with Crippen molar-refractivity contribution < 1.29 is 9.53 Å². The molecule has 6 heteroatoms. The molecule has 1 aromatic rings. The second-order valence-corrected chi connectivity index (χ2v) is 5.70. The third-order valence-electron chi connectivity index (χ3n) is 3.81. The van der Waals surface area contributed by atoms with Gasteiger partial charge in [0.05, 0.1) is 23.9 Å². The van der Waals surface area contributed by atoms with Crippen LogP contribution in [0, 0.1) is 0 Å². The largest absolute Gasteiger partial charge is 0.465 e. The second-order valence-electron chi connectivity index (χ2n) is 5.26. The van der Waals surface area contributed by atoms with Crippen LogP contribution in [0.3, 0.4) is 0 Å². The van der Waals surface area contributed by atoms with Crippen molar-refractivity contribution in [1.29, 1.82) is 0 Å². The Hall–Kier alpha value is -1.07. The van der Waals surface area contributed by atoms with E-state index in [9.17, 15) is 4.79 Å². The maximum atomic E-state index is 12.3. The van der Waals surface area contributed by atoms with Gasteiger partial charge < -0.3 is 10.1 Å². The molecule has 20 heavy (non-hydrogen) atoms. The van der Waals surface area contributed by atoms with Crippen LogP contribution in [0.4, 0.5) is 0 Å². The number of carbonyl (C=O) groups is 1. The number of hydrogen-bond donors (Lipinski definition) is 1. The van der Waals surface area contributed by atoms with Gasteiger partial charge in [-0.2, -0.15) is 5.10 Å². The lowest BCUT2D eigenvalue weighted by Crippen LogP contribution is -2.51. The van der Waals surface area contributed by atoms with Crippen molar-refractivity contribution in [3.8, 4) is 0 Å². The molecular weight excluding hydrogens is 278 g/mol. The first kappa shape index (κ1) is 15.3. The summed E-state index contributed by atoms with van der Waals surface area (Å²) < 4.78 is 7.12. The van der Waals surface area contributed by atoms with E-state index in [1.807, 2.05) is 17.8 Å². The van der Waals surface area contributed by atoms with Crippen molar-refractivity contribution in [1.82, 2.24) is 15.1 Å². The maximum absolute atomic E-state index is 12.3. The molecule has 0 radical (unpaired) electrons. The molecule has 0 saturated heterocycles. The van der Waals surface area contributed by atoms with Crippen molar-refractivity contribution >= 4 is 17.6 Å². The van der Waals surface area contributed by atoms with Gasteiger partial charge >= 0.3 is 5.97 Å². The Morgan fingerprint density at radius 2 is 2.45 bits per heavy atom. The normalized spacial score (nSPS) is 25.9. The highest BCUT2D eigenvalue weighted by molar-refractivity contribution is 6.30. The van der Waals surface area contributed by atoms with E-state index in [1.54, 1.807) is 6.20 Å². The maximum Gasteiger partial charge on any atom is 0.326 e. The summed E-state index contributed by atoms with van der Waals surface area (Å²) in [6.45, 7) is 5.15. The van der Waals surface area contributed by atoms with E-state index in [1.165, 1.54) is 0 Å². The molecule has 2 unspecified atom stereocenters. The summed E-state index contributed by atoms with van der Waals surface area (Å²) in [5.74, 6) is -0.144. The number of nitrogens with zero attached hydrogens (tertiary/aromatic N) is 2. The SMILES string of the molecule is CCCNC1(C(=O)OCC)CCC(n2cc(Cl)cn2)C1. The van der Waals surface area contributed by atoms with Crippen LogP contribution in [0.25, 0.3) is 0 Å². The Morgan fingerprint density at radius 1 is 1.65 bits per heavy atom. The molecule has 1 aliphatic rings. The molecule has 1 fully saturated rings. The van der Waals surface area contributed by atoms with Crippen LogP contribution in [-0.2, 0) is 9.53 Å². The predicted molar refractivity (Wildman–Crippen MR) is 77.8 cm³/mol. The molecule has 0 aromatic carbocycles. The van der Waals surface area contributed by atoms with Crippen molar-refractivity contribution in [2.24, 2.45) is 0 Å². The number of nitrogens with one attached hydrogen (secondary N) is 1. The van der Waals surface area contributed by atoms with Crippen LogP contribution < -0.4 is 5.32 Å². The Balaban J connectivity index is 2.11. The number of halogens is 1. The second kappa shape index (κ2) is 6.59. The van der Waals surface area contributed by atoms with Crippen molar-refractivity contribution in [3.63, 3.8) is 0 Å². The molecule has 112 valence electrons. The number of hydrogen-bond acceptors (Lipinski definition) is 4. The fourth-order valence-electron chi connectivity index (χ4n) is 2.81. The Labute approximate surface area is 124 Å². The van der Waals surface area contributed by atoms with E-state index in [4.69, 9.17) is 16.3 Å². The minimum atomic E-state index is -0.574. The summed E-state index contributed by atoms with van der Waals surface area (Å²) in [6, 6.07) is 0.191. The Bertz CT molecular complexity index is 463. The fourth-order valence-corrected chi connectivity index (χ4v) is 2.95. The number of carbonyl (C=O) groups excluding carboxylic acids is 1. The van der Waals surface area contributed by atoms with E-state index in [-0.39, 0.29) is 12.0 Å². The fraction of sp³-hybridized carbons (Fsp3) is 0.714. The first-order valence-electron chi connectivity index (χ1n) is 7.23. The molecule has 2 rings (SSSR count). The molecule has 1 saturated carbocycles. The van der Waals surface area contributed by atoms with Crippen LogP contribution in [0.2, 0.25) is 5.02 Å². The highest BCUT2D eigenvalue weighted by Gasteiger charge is 2.46. The Morgan fingerprint density at radius 3 is 3.05 bits per heavy atom. The first-order chi connectivity index (χ1) is 9.61. The number of ether oxygens (including phenoxy) is 1. The van der Waals surface area contributed by atoms with Crippen molar-refractivity contribution in [3.05, 3.63) is 17.4 Å². The highest BCUT2D eigenvalue weighted by atomic mass is 35.5. The van der Waals surface area contributed by atoms with Gasteiger partial charge in [-0.25, -0.2) is 0 Å². The van der Waals surface area contributed by atoms with Gasteiger partial charge in [-0.3, -0.25) is 9.48 Å². The molecule has 0 bridgehead atoms. The number of rotatable bonds is 6. The minimum absolute atomic E-state index is 0.144.